The maximum Gasteiger partial charge on any atom is 0.586 e. The van der Waals surface area contributed by atoms with E-state index in [1.165, 1.54) is 23.1 Å². The van der Waals surface area contributed by atoms with Crippen LogP contribution >= 0.6 is 0 Å². The summed E-state index contributed by atoms with van der Waals surface area (Å²) in [6.45, 7) is 0.481. The highest BCUT2D eigenvalue weighted by Crippen LogP contribution is 2.42. The molecule has 28 heavy (non-hydrogen) atoms. The molecule has 146 valence electrons. The van der Waals surface area contributed by atoms with Gasteiger partial charge in [0, 0.05) is 18.7 Å². The zero-order chi connectivity index (χ0) is 19.9. The predicted molar refractivity (Wildman–Crippen MR) is 93.5 cm³/mol. The van der Waals surface area contributed by atoms with Crippen molar-refractivity contribution in [2.45, 2.75) is 24.6 Å². The molecule has 0 aliphatic carbocycles. The molecule has 2 aromatic rings. The first-order valence-corrected chi connectivity index (χ1v) is 8.79. The number of aliphatic carboxylic acids is 1. The molecule has 0 unspecified atom stereocenters. The maximum absolute atomic E-state index is 13.2. The number of likely N-dealkylation sites (tertiary alicyclic amines) is 1. The van der Waals surface area contributed by atoms with Crippen molar-refractivity contribution in [3.63, 3.8) is 0 Å². The van der Waals surface area contributed by atoms with Gasteiger partial charge in [-0.1, -0.05) is 30.3 Å². The zero-order valence-electron chi connectivity index (χ0n) is 14.7. The van der Waals surface area contributed by atoms with Gasteiger partial charge < -0.3 is 19.5 Å². The van der Waals surface area contributed by atoms with Crippen molar-refractivity contribution in [3.8, 4) is 11.5 Å². The number of hydrogen-bond acceptors (Lipinski definition) is 4. The molecule has 0 spiro atoms. The van der Waals surface area contributed by atoms with Gasteiger partial charge in [-0.2, -0.15) is 0 Å². The number of benzene rings is 2. The molecule has 4 rings (SSSR count). The number of carboxylic acid groups (broad SMARTS) is 1. The molecule has 0 aromatic heterocycles. The summed E-state index contributed by atoms with van der Waals surface area (Å²) in [5.41, 5.74) is -0.155. The number of nitrogens with zero attached hydrogens (tertiary/aromatic N) is 1. The van der Waals surface area contributed by atoms with Gasteiger partial charge in [-0.25, -0.2) is 0 Å². The molecule has 1 amide bonds. The molecule has 0 bridgehead atoms. The average molecular weight is 389 g/mol. The van der Waals surface area contributed by atoms with Crippen LogP contribution in [0.15, 0.2) is 48.5 Å². The summed E-state index contributed by atoms with van der Waals surface area (Å²) < 4.78 is 35.0. The van der Waals surface area contributed by atoms with Crippen LogP contribution in [0.5, 0.6) is 11.5 Å². The molecule has 1 fully saturated rings. The molecule has 0 saturated carbocycles. The van der Waals surface area contributed by atoms with E-state index in [1.807, 2.05) is 6.07 Å². The minimum absolute atomic E-state index is 0.130. The lowest BCUT2D eigenvalue weighted by Gasteiger charge is -2.39. The maximum atomic E-state index is 13.2. The number of amides is 1. The van der Waals surface area contributed by atoms with Crippen molar-refractivity contribution in [1.29, 1.82) is 0 Å². The Morgan fingerprint density at radius 2 is 1.61 bits per heavy atom. The van der Waals surface area contributed by atoms with E-state index in [0.29, 0.717) is 5.56 Å². The number of halogens is 2. The highest BCUT2D eigenvalue weighted by atomic mass is 19.3. The lowest BCUT2D eigenvalue weighted by atomic mass is 9.73. The number of alkyl halides is 2. The van der Waals surface area contributed by atoms with Crippen LogP contribution in [0.1, 0.15) is 28.8 Å². The van der Waals surface area contributed by atoms with E-state index in [4.69, 9.17) is 0 Å². The van der Waals surface area contributed by atoms with E-state index in [9.17, 15) is 23.5 Å². The van der Waals surface area contributed by atoms with Gasteiger partial charge in [-0.3, -0.25) is 9.59 Å². The summed E-state index contributed by atoms with van der Waals surface area (Å²) in [6, 6.07) is 12.8. The largest absolute Gasteiger partial charge is 0.586 e. The Morgan fingerprint density at radius 1 is 0.964 bits per heavy atom. The first kappa shape index (κ1) is 18.2. The number of carbonyl (C=O) groups is 2. The molecule has 2 heterocycles. The molecule has 0 atom stereocenters. The molecule has 2 aliphatic heterocycles. The van der Waals surface area contributed by atoms with Crippen LogP contribution in [0, 0.1) is 0 Å². The first-order chi connectivity index (χ1) is 13.3. The molecule has 2 aliphatic rings. The van der Waals surface area contributed by atoms with E-state index in [-0.39, 0.29) is 48.9 Å². The summed E-state index contributed by atoms with van der Waals surface area (Å²) in [5, 5.41) is 9.83. The van der Waals surface area contributed by atoms with Gasteiger partial charge in [-0.05, 0) is 36.6 Å². The van der Waals surface area contributed by atoms with Gasteiger partial charge in [-0.15, -0.1) is 8.78 Å². The van der Waals surface area contributed by atoms with Crippen molar-refractivity contribution >= 4 is 11.9 Å². The Bertz CT molecular complexity index is 923. The second-order valence-electron chi connectivity index (χ2n) is 6.87. The van der Waals surface area contributed by atoms with Crippen LogP contribution in [-0.2, 0) is 10.2 Å². The lowest BCUT2D eigenvalue weighted by molar-refractivity contribution is -0.286. The van der Waals surface area contributed by atoms with Gasteiger partial charge >= 0.3 is 12.3 Å². The van der Waals surface area contributed by atoms with Gasteiger partial charge in [0.05, 0.1) is 5.41 Å². The van der Waals surface area contributed by atoms with Gasteiger partial charge in [0.2, 0.25) is 0 Å². The Morgan fingerprint density at radius 3 is 2.25 bits per heavy atom. The fraction of sp³-hybridized carbons (Fsp3) is 0.300. The molecule has 8 heteroatoms. The Kier molecular flexibility index (Phi) is 4.21. The summed E-state index contributed by atoms with van der Waals surface area (Å²) in [6.07, 6.45) is -3.21. The molecule has 2 aromatic carbocycles. The number of carboxylic acids is 1. The normalized spacial score (nSPS) is 19.3. The quantitative estimate of drug-likeness (QED) is 0.872. The second-order valence-corrected chi connectivity index (χ2v) is 6.87. The van der Waals surface area contributed by atoms with Crippen molar-refractivity contribution in [3.05, 3.63) is 59.7 Å². The zero-order valence-corrected chi connectivity index (χ0v) is 14.7. The number of piperidine rings is 1. The van der Waals surface area contributed by atoms with E-state index in [1.54, 1.807) is 24.3 Å². The van der Waals surface area contributed by atoms with Crippen LogP contribution in [0.25, 0.3) is 0 Å². The van der Waals surface area contributed by atoms with E-state index >= 15 is 0 Å². The molecular formula is C20H17F2NO5. The van der Waals surface area contributed by atoms with Gasteiger partial charge in [0.25, 0.3) is 5.91 Å². The van der Waals surface area contributed by atoms with Crippen LogP contribution in [0.4, 0.5) is 8.78 Å². The fourth-order valence-corrected chi connectivity index (χ4v) is 3.74. The number of hydrogen-bond donors (Lipinski definition) is 1. The minimum atomic E-state index is -3.74. The smallest absolute Gasteiger partial charge is 0.481 e. The Hall–Kier alpha value is -3.16. The second kappa shape index (κ2) is 6.47. The third kappa shape index (κ3) is 3.04. The first-order valence-electron chi connectivity index (χ1n) is 8.79. The van der Waals surface area contributed by atoms with Crippen LogP contribution in [0.3, 0.4) is 0 Å². The SMILES string of the molecule is O=C(c1ccc2c(c1)OC(F)(F)O2)N1CCC(C(=O)O)(c2ccccc2)CC1. The number of fused-ring (bicyclic) bond motifs is 1. The summed E-state index contributed by atoms with van der Waals surface area (Å²) in [5.74, 6) is -1.61. The van der Waals surface area contributed by atoms with Crippen LogP contribution in [-0.4, -0.2) is 41.3 Å². The van der Waals surface area contributed by atoms with Gasteiger partial charge in [0.15, 0.2) is 11.5 Å². The molecular weight excluding hydrogens is 372 g/mol. The third-order valence-electron chi connectivity index (χ3n) is 5.29. The lowest BCUT2D eigenvalue weighted by Crippen LogP contribution is -2.49. The van der Waals surface area contributed by atoms with E-state index < -0.39 is 17.7 Å². The molecule has 1 N–H and O–H groups in total. The Labute approximate surface area is 159 Å². The standard InChI is InChI=1S/C20H17F2NO5/c21-20(22)27-15-7-6-13(12-16(15)28-20)17(24)23-10-8-19(9-11-23,18(25)26)14-4-2-1-3-5-14/h1-7,12H,8-11H2,(H,25,26). The summed E-state index contributed by atoms with van der Waals surface area (Å²) >= 11 is 0. The van der Waals surface area contributed by atoms with Crippen LogP contribution in [0.2, 0.25) is 0 Å². The summed E-state index contributed by atoms with van der Waals surface area (Å²) in [7, 11) is 0. The Balaban J connectivity index is 1.51. The van der Waals surface area contributed by atoms with Crippen molar-refractivity contribution in [2.24, 2.45) is 0 Å². The fourth-order valence-electron chi connectivity index (χ4n) is 3.74. The predicted octanol–water partition coefficient (Wildman–Crippen LogP) is 3.27. The van der Waals surface area contributed by atoms with Gasteiger partial charge in [0.1, 0.15) is 0 Å². The minimum Gasteiger partial charge on any atom is -0.481 e. The van der Waals surface area contributed by atoms with Crippen molar-refractivity contribution < 1.29 is 33.0 Å². The monoisotopic (exact) mass is 389 g/mol. The van der Waals surface area contributed by atoms with E-state index in [0.717, 1.165) is 0 Å². The highest BCUT2D eigenvalue weighted by molar-refractivity contribution is 5.95. The van der Waals surface area contributed by atoms with Crippen LogP contribution < -0.4 is 9.47 Å². The topological polar surface area (TPSA) is 76.1 Å². The molecule has 0 radical (unpaired) electrons. The number of carbonyl (C=O) groups excluding carboxylic acids is 1. The third-order valence-corrected chi connectivity index (χ3v) is 5.29. The average Bonchev–Trinajstić information content (AvgIpc) is 3.01. The number of rotatable bonds is 3. The van der Waals surface area contributed by atoms with Crippen molar-refractivity contribution in [1.82, 2.24) is 4.90 Å². The molecule has 6 nitrogen and oxygen atoms in total. The highest BCUT2D eigenvalue weighted by Gasteiger charge is 2.45. The van der Waals surface area contributed by atoms with Crippen molar-refractivity contribution in [2.75, 3.05) is 13.1 Å². The van der Waals surface area contributed by atoms with E-state index in [2.05, 4.69) is 9.47 Å². The summed E-state index contributed by atoms with van der Waals surface area (Å²) in [4.78, 5) is 26.3. The number of ether oxygens (including phenoxy) is 2. The molecule has 1 saturated heterocycles.